The van der Waals surface area contributed by atoms with E-state index in [1.807, 2.05) is 19.1 Å². The van der Waals surface area contributed by atoms with Crippen LogP contribution in [0, 0.1) is 0 Å². The number of hydrogen-bond donors (Lipinski definition) is 2. The van der Waals surface area contributed by atoms with E-state index >= 15 is 0 Å². The highest BCUT2D eigenvalue weighted by Gasteiger charge is 2.18. The van der Waals surface area contributed by atoms with Crippen molar-refractivity contribution in [3.63, 3.8) is 0 Å². The number of nitrogens with zero attached hydrogens (tertiary/aromatic N) is 1. The summed E-state index contributed by atoms with van der Waals surface area (Å²) in [5.74, 6) is 0.649. The molecule has 0 aliphatic heterocycles. The molecule has 4 heteroatoms. The molecule has 2 N–H and O–H groups in total. The number of hydroxylamine groups is 1. The van der Waals surface area contributed by atoms with Crippen molar-refractivity contribution in [1.29, 1.82) is 0 Å². The van der Waals surface area contributed by atoms with Gasteiger partial charge < -0.3 is 5.32 Å². The fraction of sp³-hybridized carbons (Fsp3) is 0.500. The number of nitrogens with one attached hydrogen (secondary N) is 1. The van der Waals surface area contributed by atoms with Gasteiger partial charge in [-0.3, -0.25) is 5.21 Å². The van der Waals surface area contributed by atoms with Crippen molar-refractivity contribution in [3.05, 3.63) is 29.8 Å². The molecule has 1 aliphatic carbocycles. The Kier molecular flexibility index (Phi) is 4.20. The third-order valence-corrected chi connectivity index (χ3v) is 3.48. The fourth-order valence-electron chi connectivity index (χ4n) is 2.49. The summed E-state index contributed by atoms with van der Waals surface area (Å²) in [6.45, 7) is 2.31. The Hall–Kier alpha value is -1.55. The first-order valence-electron chi connectivity index (χ1n) is 6.59. The van der Waals surface area contributed by atoms with Crippen molar-refractivity contribution in [1.82, 2.24) is 5.32 Å². The van der Waals surface area contributed by atoms with Crippen LogP contribution in [0.1, 0.15) is 44.1 Å². The van der Waals surface area contributed by atoms with Gasteiger partial charge in [0.15, 0.2) is 0 Å². The van der Waals surface area contributed by atoms with Gasteiger partial charge in [-0.25, -0.2) is 4.79 Å². The lowest BCUT2D eigenvalue weighted by Gasteiger charge is -2.16. The van der Waals surface area contributed by atoms with Gasteiger partial charge in [-0.2, -0.15) is 5.06 Å². The highest BCUT2D eigenvalue weighted by atomic mass is 16.5. The van der Waals surface area contributed by atoms with E-state index < -0.39 is 6.03 Å². The molecule has 0 bridgehead atoms. The average Bonchev–Trinajstić information content (AvgIpc) is 2.92. The van der Waals surface area contributed by atoms with Crippen molar-refractivity contribution >= 4 is 11.7 Å². The molecule has 1 fully saturated rings. The van der Waals surface area contributed by atoms with Crippen LogP contribution >= 0.6 is 0 Å². The lowest BCUT2D eigenvalue weighted by atomic mass is 9.98. The van der Waals surface area contributed by atoms with Gasteiger partial charge in [0.05, 0.1) is 5.69 Å². The van der Waals surface area contributed by atoms with Crippen LogP contribution in [-0.2, 0) is 0 Å². The average molecular weight is 248 g/mol. The third kappa shape index (κ3) is 2.82. The van der Waals surface area contributed by atoms with Crippen LogP contribution in [0.2, 0.25) is 0 Å². The molecule has 2 rings (SSSR count). The maximum Gasteiger partial charge on any atom is 0.345 e. The number of amides is 2. The summed E-state index contributed by atoms with van der Waals surface area (Å²) >= 11 is 0. The summed E-state index contributed by atoms with van der Waals surface area (Å²) in [7, 11) is 0. The molecule has 4 nitrogen and oxygen atoms in total. The molecular formula is C14H20N2O2. The Morgan fingerprint density at radius 1 is 1.33 bits per heavy atom. The Balaban J connectivity index is 2.04. The lowest BCUT2D eigenvalue weighted by Crippen LogP contribution is -2.37. The number of anilines is 1. The van der Waals surface area contributed by atoms with Crippen LogP contribution in [0.4, 0.5) is 10.5 Å². The molecule has 0 radical (unpaired) electrons. The van der Waals surface area contributed by atoms with Crippen molar-refractivity contribution < 1.29 is 10.0 Å². The van der Waals surface area contributed by atoms with Gasteiger partial charge in [-0.15, -0.1) is 0 Å². The SMILES string of the molecule is CCNC(=O)N(O)c1ccc(C2CCCC2)cc1. The van der Waals surface area contributed by atoms with E-state index in [0.717, 1.165) is 0 Å². The van der Waals surface area contributed by atoms with Crippen molar-refractivity contribution in [3.8, 4) is 0 Å². The summed E-state index contributed by atoms with van der Waals surface area (Å²) in [5.41, 5.74) is 1.81. The van der Waals surface area contributed by atoms with Crippen LogP contribution in [0.25, 0.3) is 0 Å². The van der Waals surface area contributed by atoms with Crippen molar-refractivity contribution in [2.45, 2.75) is 38.5 Å². The lowest BCUT2D eigenvalue weighted by molar-refractivity contribution is 0.205. The van der Waals surface area contributed by atoms with E-state index in [-0.39, 0.29) is 0 Å². The molecule has 0 heterocycles. The fourth-order valence-corrected chi connectivity index (χ4v) is 2.49. The smallest absolute Gasteiger partial charge is 0.336 e. The molecule has 1 aromatic rings. The van der Waals surface area contributed by atoms with E-state index in [2.05, 4.69) is 5.32 Å². The maximum atomic E-state index is 11.4. The zero-order valence-electron chi connectivity index (χ0n) is 10.7. The minimum absolute atomic E-state index is 0.494. The van der Waals surface area contributed by atoms with Crippen molar-refractivity contribution in [2.24, 2.45) is 0 Å². The zero-order chi connectivity index (χ0) is 13.0. The number of rotatable bonds is 3. The van der Waals surface area contributed by atoms with Gasteiger partial charge in [-0.1, -0.05) is 25.0 Å². The molecule has 98 valence electrons. The second kappa shape index (κ2) is 5.87. The third-order valence-electron chi connectivity index (χ3n) is 3.48. The van der Waals surface area contributed by atoms with Gasteiger partial charge >= 0.3 is 6.03 Å². The number of carbonyl (C=O) groups is 1. The van der Waals surface area contributed by atoms with Crippen LogP contribution in [0.5, 0.6) is 0 Å². The summed E-state index contributed by atoms with van der Waals surface area (Å²) in [5, 5.41) is 12.9. The molecule has 0 unspecified atom stereocenters. The molecular weight excluding hydrogens is 228 g/mol. The number of carbonyl (C=O) groups excluding carboxylic acids is 1. The molecule has 0 spiro atoms. The monoisotopic (exact) mass is 248 g/mol. The first-order chi connectivity index (χ1) is 8.72. The van der Waals surface area contributed by atoms with Crippen LogP contribution in [0.15, 0.2) is 24.3 Å². The summed E-state index contributed by atoms with van der Waals surface area (Å²) < 4.78 is 0. The normalized spacial score (nSPS) is 15.7. The van der Waals surface area contributed by atoms with Crippen LogP contribution < -0.4 is 10.4 Å². The zero-order valence-corrected chi connectivity index (χ0v) is 10.7. The predicted octanol–water partition coefficient (Wildman–Crippen LogP) is 3.27. The highest BCUT2D eigenvalue weighted by molar-refractivity contribution is 5.89. The number of urea groups is 1. The second-order valence-corrected chi connectivity index (χ2v) is 4.72. The van der Waals surface area contributed by atoms with Gasteiger partial charge in [0.2, 0.25) is 0 Å². The van der Waals surface area contributed by atoms with Crippen LogP contribution in [-0.4, -0.2) is 17.8 Å². The van der Waals surface area contributed by atoms with Gasteiger partial charge in [-0.05, 0) is 43.4 Å². The second-order valence-electron chi connectivity index (χ2n) is 4.72. The molecule has 1 aliphatic rings. The summed E-state index contributed by atoms with van der Waals surface area (Å²) in [6, 6.07) is 7.11. The van der Waals surface area contributed by atoms with E-state index in [1.165, 1.54) is 31.2 Å². The van der Waals surface area contributed by atoms with E-state index in [0.29, 0.717) is 23.2 Å². The quantitative estimate of drug-likeness (QED) is 0.637. The Morgan fingerprint density at radius 3 is 2.50 bits per heavy atom. The minimum atomic E-state index is -0.494. The topological polar surface area (TPSA) is 52.6 Å². The number of hydrogen-bond acceptors (Lipinski definition) is 2. The van der Waals surface area contributed by atoms with Gasteiger partial charge in [0.1, 0.15) is 0 Å². The Labute approximate surface area is 108 Å². The predicted molar refractivity (Wildman–Crippen MR) is 71.0 cm³/mol. The Bertz CT molecular complexity index is 397. The molecule has 0 aromatic heterocycles. The highest BCUT2D eigenvalue weighted by Crippen LogP contribution is 2.34. The molecule has 1 aromatic carbocycles. The molecule has 0 saturated heterocycles. The minimum Gasteiger partial charge on any atom is -0.336 e. The van der Waals surface area contributed by atoms with Crippen LogP contribution in [0.3, 0.4) is 0 Å². The molecule has 18 heavy (non-hydrogen) atoms. The van der Waals surface area contributed by atoms with E-state index in [4.69, 9.17) is 0 Å². The number of benzene rings is 1. The molecule has 2 amide bonds. The first-order valence-corrected chi connectivity index (χ1v) is 6.59. The molecule has 1 saturated carbocycles. The van der Waals surface area contributed by atoms with Gasteiger partial charge in [0.25, 0.3) is 0 Å². The standard InChI is InChI=1S/C14H20N2O2/c1-2-15-14(17)16(18)13-9-7-12(8-10-13)11-5-3-4-6-11/h7-11,18H,2-6H2,1H3,(H,15,17). The van der Waals surface area contributed by atoms with Crippen molar-refractivity contribution in [2.75, 3.05) is 11.6 Å². The van der Waals surface area contributed by atoms with E-state index in [1.54, 1.807) is 12.1 Å². The largest absolute Gasteiger partial charge is 0.345 e. The summed E-state index contributed by atoms with van der Waals surface area (Å²) in [4.78, 5) is 11.4. The van der Waals surface area contributed by atoms with Gasteiger partial charge in [0, 0.05) is 6.54 Å². The Morgan fingerprint density at radius 2 is 1.94 bits per heavy atom. The first kappa shape index (κ1) is 12.9. The maximum absolute atomic E-state index is 11.4. The molecule has 0 atom stereocenters. The summed E-state index contributed by atoms with van der Waals surface area (Å²) in [6.07, 6.45) is 5.10. The van der Waals surface area contributed by atoms with E-state index in [9.17, 15) is 10.0 Å².